The smallest absolute Gasteiger partial charge is 0.406 e. The molecule has 0 radical (unpaired) electrons. The van der Waals surface area contributed by atoms with Crippen LogP contribution in [0.15, 0.2) is 86.8 Å². The van der Waals surface area contributed by atoms with Crippen LogP contribution in [0.3, 0.4) is 0 Å². The molecule has 3 aromatic rings. The van der Waals surface area contributed by atoms with Crippen LogP contribution in [0.4, 0.5) is 24.5 Å². The SMILES string of the molecule is Cc1cccc(C)c1N=C(N/N=C/c1ccc(C(N)=NC=Nc2ccc(OC(F)(F)F)cc2)cc1)SCC(=O)N1CCNCC1. The van der Waals surface area contributed by atoms with Gasteiger partial charge in [0, 0.05) is 31.7 Å². The molecule has 236 valence electrons. The van der Waals surface area contributed by atoms with Gasteiger partial charge in [-0.05, 0) is 54.8 Å². The van der Waals surface area contributed by atoms with Gasteiger partial charge in [0.05, 0.1) is 23.3 Å². The Kier molecular flexibility index (Phi) is 11.7. The molecule has 0 atom stereocenters. The van der Waals surface area contributed by atoms with Crippen LogP contribution >= 0.6 is 11.8 Å². The minimum atomic E-state index is -4.76. The van der Waals surface area contributed by atoms with Crippen molar-refractivity contribution in [3.8, 4) is 5.75 Å². The largest absolute Gasteiger partial charge is 0.573 e. The molecule has 0 spiro atoms. The highest BCUT2D eigenvalue weighted by molar-refractivity contribution is 8.14. The van der Waals surface area contributed by atoms with Gasteiger partial charge in [0.2, 0.25) is 5.91 Å². The molecule has 3 aromatic carbocycles. The molecule has 0 bridgehead atoms. The molecule has 0 aliphatic carbocycles. The Bertz CT molecular complexity index is 1550. The summed E-state index contributed by atoms with van der Waals surface area (Å²) in [5.41, 5.74) is 13.7. The maximum Gasteiger partial charge on any atom is 0.573 e. The van der Waals surface area contributed by atoms with Gasteiger partial charge in [-0.25, -0.2) is 15.0 Å². The van der Waals surface area contributed by atoms with Crippen molar-refractivity contribution in [3.63, 3.8) is 0 Å². The normalized spacial score (nSPS) is 14.7. The third-order valence-corrected chi connectivity index (χ3v) is 7.36. The summed E-state index contributed by atoms with van der Waals surface area (Å²) < 4.78 is 40.8. The van der Waals surface area contributed by atoms with Crippen LogP contribution in [0.2, 0.25) is 0 Å². The first-order chi connectivity index (χ1) is 21.6. The maximum absolute atomic E-state index is 12.8. The predicted molar refractivity (Wildman–Crippen MR) is 174 cm³/mol. The number of hydrazone groups is 1. The number of carbonyl (C=O) groups is 1. The second-order valence-electron chi connectivity index (χ2n) is 9.87. The number of ether oxygens (including phenoxy) is 1. The lowest BCUT2D eigenvalue weighted by atomic mass is 10.1. The fraction of sp³-hybridized carbons (Fsp3) is 0.258. The molecule has 10 nitrogen and oxygen atoms in total. The molecule has 1 aliphatic heterocycles. The van der Waals surface area contributed by atoms with E-state index in [1.165, 1.54) is 30.2 Å². The van der Waals surface area contributed by atoms with Crippen LogP contribution in [0.5, 0.6) is 5.75 Å². The summed E-state index contributed by atoms with van der Waals surface area (Å²) in [5, 5.41) is 8.11. The zero-order chi connectivity index (χ0) is 32.2. The van der Waals surface area contributed by atoms with Gasteiger partial charge in [-0.15, -0.1) is 13.2 Å². The third-order valence-electron chi connectivity index (χ3n) is 6.51. The second kappa shape index (κ2) is 15.9. The highest BCUT2D eigenvalue weighted by atomic mass is 32.2. The fourth-order valence-electron chi connectivity index (χ4n) is 4.18. The van der Waals surface area contributed by atoms with Crippen molar-refractivity contribution in [2.24, 2.45) is 25.8 Å². The minimum Gasteiger partial charge on any atom is -0.406 e. The Morgan fingerprint density at radius 3 is 2.36 bits per heavy atom. The number of rotatable bonds is 9. The van der Waals surface area contributed by atoms with Gasteiger partial charge in [-0.1, -0.05) is 54.2 Å². The molecule has 0 aromatic heterocycles. The van der Waals surface area contributed by atoms with E-state index in [1.807, 2.05) is 49.1 Å². The summed E-state index contributed by atoms with van der Waals surface area (Å²) in [5.74, 6) is 0.148. The van der Waals surface area contributed by atoms with Gasteiger partial charge in [0.15, 0.2) is 5.17 Å². The van der Waals surface area contributed by atoms with E-state index in [-0.39, 0.29) is 23.2 Å². The number of hydrogen-bond acceptors (Lipinski definition) is 7. The molecule has 1 heterocycles. The molecule has 0 unspecified atom stereocenters. The molecule has 45 heavy (non-hydrogen) atoms. The number of amides is 1. The quantitative estimate of drug-likeness (QED) is 0.171. The van der Waals surface area contributed by atoms with Gasteiger partial charge in [0.25, 0.3) is 0 Å². The third kappa shape index (κ3) is 10.8. The Labute approximate surface area is 263 Å². The molecular weight excluding hydrogens is 605 g/mol. The number of halogens is 3. The number of alkyl halides is 3. The minimum absolute atomic E-state index is 0.0508. The van der Waals surface area contributed by atoms with Crippen LogP contribution in [0.1, 0.15) is 22.3 Å². The van der Waals surface area contributed by atoms with E-state index in [1.54, 1.807) is 18.3 Å². The summed E-state index contributed by atoms with van der Waals surface area (Å²) >= 11 is 1.30. The summed E-state index contributed by atoms with van der Waals surface area (Å²) in [4.78, 5) is 27.6. The Balaban J connectivity index is 1.38. The van der Waals surface area contributed by atoms with Crippen molar-refractivity contribution in [2.75, 3.05) is 31.9 Å². The number of hydrogen-bond donors (Lipinski definition) is 3. The van der Waals surface area contributed by atoms with E-state index >= 15 is 0 Å². The zero-order valence-electron chi connectivity index (χ0n) is 24.7. The number of aryl methyl sites for hydroxylation is 2. The zero-order valence-corrected chi connectivity index (χ0v) is 25.5. The van der Waals surface area contributed by atoms with E-state index in [0.717, 1.165) is 47.6 Å². The van der Waals surface area contributed by atoms with E-state index in [9.17, 15) is 18.0 Å². The Morgan fingerprint density at radius 2 is 1.71 bits per heavy atom. The molecule has 14 heteroatoms. The number of thioether (sulfide) groups is 1. The molecule has 4 N–H and O–H groups in total. The molecular formula is C31H33F3N8O2S. The summed E-state index contributed by atoms with van der Waals surface area (Å²) in [6.45, 7) is 6.91. The summed E-state index contributed by atoms with van der Waals surface area (Å²) in [7, 11) is 0. The van der Waals surface area contributed by atoms with Gasteiger partial charge in [-0.3, -0.25) is 10.2 Å². The lowest BCUT2D eigenvalue weighted by Gasteiger charge is -2.27. The van der Waals surface area contributed by atoms with Crippen molar-refractivity contribution < 1.29 is 22.7 Å². The van der Waals surface area contributed by atoms with Gasteiger partial charge < -0.3 is 20.7 Å². The topological polar surface area (TPSA) is 129 Å². The second-order valence-corrected chi connectivity index (χ2v) is 10.8. The van der Waals surface area contributed by atoms with Crippen molar-refractivity contribution in [1.82, 2.24) is 15.6 Å². The van der Waals surface area contributed by atoms with Gasteiger partial charge in [-0.2, -0.15) is 5.10 Å². The monoisotopic (exact) mass is 638 g/mol. The van der Waals surface area contributed by atoms with Gasteiger partial charge in [0.1, 0.15) is 17.9 Å². The molecule has 0 saturated carbocycles. The number of nitrogens with zero attached hydrogens (tertiary/aromatic N) is 5. The van der Waals surface area contributed by atoms with Crippen molar-refractivity contribution in [1.29, 1.82) is 0 Å². The van der Waals surface area contributed by atoms with E-state index < -0.39 is 6.36 Å². The fourth-order valence-corrected chi connectivity index (χ4v) is 4.89. The van der Waals surface area contributed by atoms with Crippen LogP contribution < -0.4 is 21.2 Å². The first-order valence-corrected chi connectivity index (χ1v) is 14.9. The summed E-state index contributed by atoms with van der Waals surface area (Å²) in [6, 6.07) is 18.2. The first kappa shape index (κ1) is 33.2. The standard InChI is InChI=1S/C31H33F3N8O2S/c1-21-4-3-5-22(2)28(21)40-30(45-19-27(43)42-16-14-36-15-17-42)41-39-18-23-6-8-24(9-7-23)29(35)38-20-37-25-10-12-26(13-11-25)44-31(32,33)34/h3-13,18,20,36H,14-17,19H2,1-2H3,(H,40,41)(H2,35,37,38)/b39-18+. The van der Waals surface area contributed by atoms with E-state index in [0.29, 0.717) is 29.5 Å². The number of piperazine rings is 1. The number of nitrogens with one attached hydrogen (secondary N) is 2. The lowest BCUT2D eigenvalue weighted by Crippen LogP contribution is -2.47. The number of amidine groups is 2. The lowest BCUT2D eigenvalue weighted by molar-refractivity contribution is -0.274. The van der Waals surface area contributed by atoms with E-state index in [4.69, 9.17) is 10.7 Å². The van der Waals surface area contributed by atoms with Crippen molar-refractivity contribution >= 4 is 52.6 Å². The number of para-hydroxylation sites is 1. The number of nitrogens with two attached hydrogens (primary N) is 1. The molecule has 4 rings (SSSR count). The molecule has 1 aliphatic rings. The summed E-state index contributed by atoms with van der Waals surface area (Å²) in [6.07, 6.45) is -1.91. The van der Waals surface area contributed by atoms with Crippen LogP contribution in [0.25, 0.3) is 0 Å². The van der Waals surface area contributed by atoms with Crippen LogP contribution in [-0.4, -0.2) is 72.7 Å². The molecule has 1 fully saturated rings. The predicted octanol–water partition coefficient (Wildman–Crippen LogP) is 5.04. The highest BCUT2D eigenvalue weighted by Crippen LogP contribution is 2.26. The average molecular weight is 639 g/mol. The highest BCUT2D eigenvalue weighted by Gasteiger charge is 2.30. The average Bonchev–Trinajstić information content (AvgIpc) is 3.02. The number of aliphatic imine (C=N–C) groups is 3. The van der Waals surface area contributed by atoms with Crippen LogP contribution in [0, 0.1) is 13.8 Å². The Morgan fingerprint density at radius 1 is 1.04 bits per heavy atom. The number of carbonyl (C=O) groups excluding carboxylic acids is 1. The maximum atomic E-state index is 12.8. The van der Waals surface area contributed by atoms with Crippen molar-refractivity contribution in [3.05, 3.63) is 89.0 Å². The molecule has 1 amide bonds. The molecule has 1 saturated heterocycles. The van der Waals surface area contributed by atoms with Crippen LogP contribution in [-0.2, 0) is 4.79 Å². The Hall–Kier alpha value is -4.69. The first-order valence-electron chi connectivity index (χ1n) is 13.9. The van der Waals surface area contributed by atoms with Crippen molar-refractivity contribution in [2.45, 2.75) is 20.2 Å². The van der Waals surface area contributed by atoms with Gasteiger partial charge >= 0.3 is 6.36 Å². The number of benzene rings is 3. The van der Waals surface area contributed by atoms with E-state index in [2.05, 4.69) is 30.6 Å².